The van der Waals surface area contributed by atoms with E-state index >= 15 is 0 Å². The van der Waals surface area contributed by atoms with E-state index in [4.69, 9.17) is 15.2 Å². The Morgan fingerprint density at radius 1 is 0.869 bits per heavy atom. The SMILES string of the molecule is CN1CCN([C@@H]2CCCN(c3cnc(C(N)=O)c(Nc4ccc(C5CCN([C@H]6CC[C@@H](n7ccc8c9c(C%10CCC(=O)NC%10=O)noc9ccc87)CC6)CC5)cc4)n3)C2)C1=O. The molecule has 2 aromatic carbocycles. The number of primary amides is 1. The number of amides is 5. The normalized spacial score (nSPS) is 24.5. The van der Waals surface area contributed by atoms with Crippen LogP contribution in [0.3, 0.4) is 0 Å². The molecule has 0 bridgehead atoms. The molecule has 16 heteroatoms. The van der Waals surface area contributed by atoms with Crippen LogP contribution in [0.5, 0.6) is 0 Å². The molecule has 2 atom stereocenters. The predicted octanol–water partition coefficient (Wildman–Crippen LogP) is 5.63. The van der Waals surface area contributed by atoms with Gasteiger partial charge in [-0.1, -0.05) is 17.3 Å². The maximum Gasteiger partial charge on any atom is 0.320 e. The first kappa shape index (κ1) is 39.1. The number of hydrogen-bond acceptors (Lipinski definition) is 11. The minimum Gasteiger partial charge on any atom is -0.364 e. The molecule has 318 valence electrons. The standard InChI is InChI=1S/C45H53N11O5/c1-52-23-24-56(45(52)60)32-3-2-19-54(26-32)37-25-47-41(42(46)58)43(49-37)48-29-6-4-27(5-7-29)28-16-20-53(21-17-28)30-8-10-31(11-9-30)55-22-18-33-35(55)13-14-36-39(33)40(51-61-36)34-12-15-38(57)50-44(34)59/h4-7,13-14,18,22,25,28,30-32,34H,2-3,8-12,15-17,19-21,23-24,26H2,1H3,(H2,46,58)(H,48,49)(H,50,57,59)/t30-,31+,32-,34?/m1/s1. The molecule has 10 rings (SSSR count). The summed E-state index contributed by atoms with van der Waals surface area (Å²) in [5, 5.41) is 12.0. The molecule has 1 unspecified atom stereocenters. The number of rotatable bonds is 9. The maximum atomic E-state index is 12.7. The summed E-state index contributed by atoms with van der Waals surface area (Å²) in [6, 6.07) is 15.8. The summed E-state index contributed by atoms with van der Waals surface area (Å²) in [6.07, 6.45) is 13.1. The first-order valence-electron chi connectivity index (χ1n) is 22.0. The molecule has 5 aromatic rings. The molecule has 5 fully saturated rings. The Morgan fingerprint density at radius 3 is 2.39 bits per heavy atom. The average molecular weight is 828 g/mol. The third-order valence-electron chi connectivity index (χ3n) is 14.1. The Kier molecular flexibility index (Phi) is 10.3. The largest absolute Gasteiger partial charge is 0.364 e. The first-order chi connectivity index (χ1) is 29.7. The highest BCUT2D eigenvalue weighted by molar-refractivity contribution is 6.09. The molecule has 61 heavy (non-hydrogen) atoms. The summed E-state index contributed by atoms with van der Waals surface area (Å²) in [5.41, 5.74) is 10.4. The summed E-state index contributed by atoms with van der Waals surface area (Å²) in [6.45, 7) is 5.07. The summed E-state index contributed by atoms with van der Waals surface area (Å²) in [4.78, 5) is 67.5. The summed E-state index contributed by atoms with van der Waals surface area (Å²) < 4.78 is 8.07. The van der Waals surface area contributed by atoms with Gasteiger partial charge < -0.3 is 39.7 Å². The zero-order valence-corrected chi connectivity index (χ0v) is 34.6. The number of nitrogens with zero attached hydrogens (tertiary/aromatic N) is 8. The van der Waals surface area contributed by atoms with Gasteiger partial charge >= 0.3 is 6.03 Å². The van der Waals surface area contributed by atoms with Crippen molar-refractivity contribution in [3.05, 3.63) is 71.8 Å². The van der Waals surface area contributed by atoms with Gasteiger partial charge in [-0.15, -0.1) is 0 Å². The van der Waals surface area contributed by atoms with Gasteiger partial charge in [-0.25, -0.2) is 14.8 Å². The molecule has 0 spiro atoms. The van der Waals surface area contributed by atoms with Crippen LogP contribution in [0.25, 0.3) is 21.9 Å². The highest BCUT2D eigenvalue weighted by Crippen LogP contribution is 2.40. The van der Waals surface area contributed by atoms with E-state index in [1.54, 1.807) is 11.1 Å². The molecular weight excluding hydrogens is 775 g/mol. The monoisotopic (exact) mass is 827 g/mol. The fourth-order valence-electron chi connectivity index (χ4n) is 10.7. The van der Waals surface area contributed by atoms with Gasteiger partial charge in [0.1, 0.15) is 11.5 Å². The number of likely N-dealkylation sites (tertiary alicyclic amines) is 1. The van der Waals surface area contributed by atoms with E-state index in [-0.39, 0.29) is 29.6 Å². The second kappa shape index (κ2) is 16.1. The number of fused-ring (bicyclic) bond motifs is 3. The van der Waals surface area contributed by atoms with E-state index in [0.717, 1.165) is 106 Å². The zero-order chi connectivity index (χ0) is 41.8. The van der Waals surface area contributed by atoms with Gasteiger partial charge in [0.2, 0.25) is 11.8 Å². The molecule has 0 radical (unpaired) electrons. The minimum absolute atomic E-state index is 0.0714. The summed E-state index contributed by atoms with van der Waals surface area (Å²) in [5.74, 6) is -0.221. The molecule has 5 amide bonds. The van der Waals surface area contributed by atoms with Gasteiger partial charge in [-0.05, 0) is 113 Å². The van der Waals surface area contributed by atoms with Crippen molar-refractivity contribution in [2.45, 2.75) is 94.2 Å². The molecule has 7 heterocycles. The predicted molar refractivity (Wildman–Crippen MR) is 230 cm³/mol. The van der Waals surface area contributed by atoms with Crippen molar-refractivity contribution in [2.24, 2.45) is 5.73 Å². The second-order valence-corrected chi connectivity index (χ2v) is 17.6. The number of nitrogens with two attached hydrogens (primary N) is 1. The van der Waals surface area contributed by atoms with Crippen molar-refractivity contribution in [1.29, 1.82) is 0 Å². The summed E-state index contributed by atoms with van der Waals surface area (Å²) in [7, 11) is 1.84. The van der Waals surface area contributed by atoms with Gasteiger partial charge in [0.25, 0.3) is 5.91 Å². The molecule has 4 saturated heterocycles. The number of piperidine rings is 3. The van der Waals surface area contributed by atoms with Gasteiger partial charge in [-0.2, -0.15) is 0 Å². The number of benzene rings is 2. The third-order valence-corrected chi connectivity index (χ3v) is 14.1. The highest BCUT2D eigenvalue weighted by atomic mass is 16.5. The molecule has 5 aliphatic rings. The topological polar surface area (TPSA) is 188 Å². The number of hydrogen-bond donors (Lipinski definition) is 3. The van der Waals surface area contributed by atoms with Gasteiger partial charge in [0.15, 0.2) is 17.1 Å². The minimum atomic E-state index is -0.644. The number of carbonyl (C=O) groups excluding carboxylic acids is 4. The van der Waals surface area contributed by atoms with Crippen LogP contribution >= 0.6 is 0 Å². The smallest absolute Gasteiger partial charge is 0.320 e. The first-order valence-corrected chi connectivity index (χ1v) is 22.0. The Bertz CT molecular complexity index is 2480. The Balaban J connectivity index is 0.744. The Morgan fingerprint density at radius 2 is 1.66 bits per heavy atom. The van der Waals surface area contributed by atoms with Crippen LogP contribution in [0.15, 0.2) is 59.4 Å². The van der Waals surface area contributed by atoms with Gasteiger partial charge in [-0.3, -0.25) is 19.7 Å². The lowest BCUT2D eigenvalue weighted by atomic mass is 9.85. The molecule has 1 saturated carbocycles. The van der Waals surface area contributed by atoms with E-state index in [1.807, 2.05) is 30.1 Å². The Hall–Kier alpha value is -6.03. The molecule has 16 nitrogen and oxygen atoms in total. The fourth-order valence-corrected chi connectivity index (χ4v) is 10.7. The number of anilines is 3. The van der Waals surface area contributed by atoms with Crippen molar-refractivity contribution >= 4 is 62.9 Å². The number of urea groups is 1. The molecule has 4 aliphatic heterocycles. The lowest BCUT2D eigenvalue weighted by molar-refractivity contribution is -0.134. The van der Waals surface area contributed by atoms with E-state index in [9.17, 15) is 19.2 Å². The lowest BCUT2D eigenvalue weighted by Gasteiger charge is -2.41. The number of likely N-dealkylation sites (N-methyl/N-ethyl adjacent to an activating group) is 1. The Labute approximate surface area is 353 Å². The molecule has 3 aromatic heterocycles. The average Bonchev–Trinajstić information content (AvgIpc) is 4.00. The van der Waals surface area contributed by atoms with Crippen molar-refractivity contribution in [1.82, 2.24) is 39.7 Å². The number of nitrogens with one attached hydrogen (secondary N) is 2. The van der Waals surface area contributed by atoms with Crippen LogP contribution < -0.4 is 21.3 Å². The maximum absolute atomic E-state index is 12.7. The van der Waals surface area contributed by atoms with Crippen LogP contribution in [0.2, 0.25) is 0 Å². The highest BCUT2D eigenvalue weighted by Gasteiger charge is 2.36. The van der Waals surface area contributed by atoms with Crippen LogP contribution in [0.1, 0.15) is 104 Å². The quantitative estimate of drug-likeness (QED) is 0.156. The fraction of sp³-hybridized carbons (Fsp3) is 0.489. The molecular formula is C45H53N11O5. The number of imide groups is 1. The second-order valence-electron chi connectivity index (χ2n) is 17.6. The van der Waals surface area contributed by atoms with Crippen LogP contribution in [-0.4, -0.2) is 117 Å². The van der Waals surface area contributed by atoms with Crippen molar-refractivity contribution < 1.29 is 23.7 Å². The lowest BCUT2D eigenvalue weighted by Crippen LogP contribution is -2.49. The van der Waals surface area contributed by atoms with Crippen molar-refractivity contribution in [2.75, 3.05) is 56.5 Å². The van der Waals surface area contributed by atoms with Crippen LogP contribution in [-0.2, 0) is 9.59 Å². The van der Waals surface area contributed by atoms with E-state index in [1.165, 1.54) is 5.56 Å². The third kappa shape index (κ3) is 7.44. The number of aromatic nitrogens is 4. The molecule has 1 aliphatic carbocycles. The van der Waals surface area contributed by atoms with Crippen LogP contribution in [0.4, 0.5) is 22.1 Å². The number of carbonyl (C=O) groups is 4. The zero-order valence-electron chi connectivity index (χ0n) is 34.6. The van der Waals surface area contributed by atoms with E-state index < -0.39 is 11.8 Å². The molecule has 4 N–H and O–H groups in total. The van der Waals surface area contributed by atoms with E-state index in [2.05, 4.69) is 65.6 Å². The summed E-state index contributed by atoms with van der Waals surface area (Å²) >= 11 is 0. The van der Waals surface area contributed by atoms with Crippen molar-refractivity contribution in [3.63, 3.8) is 0 Å². The van der Waals surface area contributed by atoms with Gasteiger partial charge in [0.05, 0.1) is 23.5 Å². The van der Waals surface area contributed by atoms with E-state index in [0.29, 0.717) is 60.3 Å². The van der Waals surface area contributed by atoms with Gasteiger partial charge in [0, 0.05) is 74.5 Å². The van der Waals surface area contributed by atoms with Crippen molar-refractivity contribution in [3.8, 4) is 0 Å². The van der Waals surface area contributed by atoms with Crippen LogP contribution in [0, 0.1) is 0 Å².